The van der Waals surface area contributed by atoms with Gasteiger partial charge in [-0.2, -0.15) is 0 Å². The second-order valence-electron chi connectivity index (χ2n) is 3.52. The van der Waals surface area contributed by atoms with Crippen molar-refractivity contribution >= 4 is 45.3 Å². The molecule has 0 saturated heterocycles. The Balaban J connectivity index is 0.000000411. The van der Waals surface area contributed by atoms with Crippen LogP contribution in [0.15, 0.2) is 24.3 Å². The van der Waals surface area contributed by atoms with Crippen LogP contribution in [-0.4, -0.2) is 16.4 Å². The molecule has 0 unspecified atom stereocenters. The molecule has 18 heavy (non-hydrogen) atoms. The van der Waals surface area contributed by atoms with Crippen molar-refractivity contribution < 1.29 is 9.59 Å². The van der Waals surface area contributed by atoms with Gasteiger partial charge in [-0.05, 0) is 35.7 Å². The summed E-state index contributed by atoms with van der Waals surface area (Å²) >= 11 is 15.8. The zero-order valence-electron chi connectivity index (χ0n) is 10.1. The fraction of sp³-hybridized carbons (Fsp3) is 0.385. The van der Waals surface area contributed by atoms with Crippen molar-refractivity contribution in [2.24, 2.45) is 0 Å². The van der Waals surface area contributed by atoms with E-state index in [2.05, 4.69) is 6.92 Å². The quantitative estimate of drug-likeness (QED) is 0.442. The summed E-state index contributed by atoms with van der Waals surface area (Å²) in [5, 5.41) is -1.20. The molecule has 0 saturated carbocycles. The summed E-state index contributed by atoms with van der Waals surface area (Å²) < 4.78 is 0. The standard InChI is InChI=1S/C8H4Cl2O2.C5H11Cl/c9-7(11)5-2-1-3-6(4-5)8(10)12;1-2-3-4-5-6/h1-4H;2-5H2,1H3. The molecule has 0 heterocycles. The lowest BCUT2D eigenvalue weighted by atomic mass is 10.1. The van der Waals surface area contributed by atoms with Crippen LogP contribution in [0.3, 0.4) is 0 Å². The zero-order chi connectivity index (χ0) is 14.0. The van der Waals surface area contributed by atoms with E-state index in [4.69, 9.17) is 34.8 Å². The number of unbranched alkanes of at least 4 members (excludes halogenated alkanes) is 2. The number of carbonyl (C=O) groups is 2. The lowest BCUT2D eigenvalue weighted by molar-refractivity contribution is 0.108. The molecule has 1 rings (SSSR count). The maximum Gasteiger partial charge on any atom is 0.252 e. The Labute approximate surface area is 122 Å². The van der Waals surface area contributed by atoms with E-state index in [0.29, 0.717) is 0 Å². The number of carbonyl (C=O) groups excluding carboxylic acids is 2. The van der Waals surface area contributed by atoms with Crippen LogP contribution >= 0.6 is 34.8 Å². The molecule has 0 fully saturated rings. The van der Waals surface area contributed by atoms with E-state index in [1.807, 2.05) is 0 Å². The van der Waals surface area contributed by atoms with Crippen LogP contribution in [-0.2, 0) is 0 Å². The maximum absolute atomic E-state index is 10.6. The van der Waals surface area contributed by atoms with E-state index in [-0.39, 0.29) is 11.1 Å². The third-order valence-corrected chi connectivity index (χ3v) is 2.76. The normalized spacial score (nSPS) is 9.33. The van der Waals surface area contributed by atoms with Gasteiger partial charge in [0.2, 0.25) is 0 Å². The fourth-order valence-electron chi connectivity index (χ4n) is 1.11. The number of hydrogen-bond acceptors (Lipinski definition) is 2. The first kappa shape index (κ1) is 17.4. The minimum absolute atomic E-state index is 0.267. The van der Waals surface area contributed by atoms with Crippen molar-refractivity contribution in [2.75, 3.05) is 5.88 Å². The molecule has 0 spiro atoms. The van der Waals surface area contributed by atoms with Crippen molar-refractivity contribution in [2.45, 2.75) is 26.2 Å². The molecular weight excluding hydrogens is 294 g/mol. The molecule has 0 aromatic heterocycles. The molecule has 0 aliphatic heterocycles. The molecule has 1 aromatic rings. The van der Waals surface area contributed by atoms with Crippen LogP contribution in [0.1, 0.15) is 46.9 Å². The maximum atomic E-state index is 10.6. The topological polar surface area (TPSA) is 34.1 Å². The predicted octanol–water partition coefficient (Wildman–Crippen LogP) is 4.86. The lowest BCUT2D eigenvalue weighted by Gasteiger charge is -1.95. The summed E-state index contributed by atoms with van der Waals surface area (Å²) in [5.74, 6) is 0.827. The van der Waals surface area contributed by atoms with E-state index in [1.165, 1.54) is 37.5 Å². The molecular formula is C13H15Cl3O2. The van der Waals surface area contributed by atoms with Gasteiger partial charge in [0.05, 0.1) is 0 Å². The highest BCUT2D eigenvalue weighted by Gasteiger charge is 2.05. The van der Waals surface area contributed by atoms with Crippen molar-refractivity contribution in [1.82, 2.24) is 0 Å². The number of hydrogen-bond donors (Lipinski definition) is 0. The van der Waals surface area contributed by atoms with E-state index in [0.717, 1.165) is 5.88 Å². The van der Waals surface area contributed by atoms with Crippen molar-refractivity contribution in [1.29, 1.82) is 0 Å². The minimum atomic E-state index is -0.602. The van der Waals surface area contributed by atoms with E-state index in [9.17, 15) is 9.59 Å². The van der Waals surface area contributed by atoms with E-state index in [1.54, 1.807) is 6.07 Å². The Kier molecular flexibility index (Phi) is 10.0. The van der Waals surface area contributed by atoms with Gasteiger partial charge in [0, 0.05) is 17.0 Å². The van der Waals surface area contributed by atoms with Gasteiger partial charge < -0.3 is 0 Å². The molecule has 2 nitrogen and oxygen atoms in total. The fourth-order valence-corrected chi connectivity index (χ4v) is 1.53. The summed E-state index contributed by atoms with van der Waals surface area (Å²) in [6.45, 7) is 2.17. The Morgan fingerprint density at radius 3 is 1.83 bits per heavy atom. The summed E-state index contributed by atoms with van der Waals surface area (Å²) in [6, 6.07) is 5.92. The largest absolute Gasteiger partial charge is 0.276 e. The Bertz CT molecular complexity index is 358. The number of rotatable bonds is 5. The summed E-state index contributed by atoms with van der Waals surface area (Å²) in [4.78, 5) is 21.3. The van der Waals surface area contributed by atoms with Crippen LogP contribution in [0.4, 0.5) is 0 Å². The molecule has 100 valence electrons. The SMILES string of the molecule is CCCCCCl.O=C(Cl)c1cccc(C(=O)Cl)c1. The van der Waals surface area contributed by atoms with Gasteiger partial charge in [0.1, 0.15) is 0 Å². The second kappa shape index (κ2) is 10.4. The summed E-state index contributed by atoms with van der Waals surface area (Å²) in [6.07, 6.45) is 3.73. The first-order valence-corrected chi connectivity index (χ1v) is 6.87. The van der Waals surface area contributed by atoms with Crippen LogP contribution in [0.2, 0.25) is 0 Å². The molecule has 0 bridgehead atoms. The van der Waals surface area contributed by atoms with Crippen LogP contribution in [0.25, 0.3) is 0 Å². The zero-order valence-corrected chi connectivity index (χ0v) is 12.4. The third kappa shape index (κ3) is 7.70. The van der Waals surface area contributed by atoms with Gasteiger partial charge >= 0.3 is 0 Å². The third-order valence-electron chi connectivity index (χ3n) is 2.05. The van der Waals surface area contributed by atoms with Gasteiger partial charge in [0.15, 0.2) is 0 Å². The second-order valence-corrected chi connectivity index (χ2v) is 4.59. The monoisotopic (exact) mass is 308 g/mol. The van der Waals surface area contributed by atoms with E-state index < -0.39 is 10.5 Å². The van der Waals surface area contributed by atoms with E-state index >= 15 is 0 Å². The van der Waals surface area contributed by atoms with Gasteiger partial charge in [-0.1, -0.05) is 38.0 Å². The van der Waals surface area contributed by atoms with Crippen LogP contribution in [0.5, 0.6) is 0 Å². The molecule has 0 atom stereocenters. The first-order valence-electron chi connectivity index (χ1n) is 5.58. The molecule has 0 amide bonds. The predicted molar refractivity (Wildman–Crippen MR) is 77.1 cm³/mol. The van der Waals surface area contributed by atoms with Crippen LogP contribution in [0, 0.1) is 0 Å². The highest BCUT2D eigenvalue weighted by atomic mass is 35.5. The Morgan fingerprint density at radius 1 is 1.06 bits per heavy atom. The molecule has 0 aliphatic rings. The highest BCUT2D eigenvalue weighted by Crippen LogP contribution is 2.09. The van der Waals surface area contributed by atoms with Crippen molar-refractivity contribution in [3.05, 3.63) is 35.4 Å². The van der Waals surface area contributed by atoms with Crippen LogP contribution < -0.4 is 0 Å². The average Bonchev–Trinajstić information content (AvgIpc) is 2.37. The number of benzene rings is 1. The van der Waals surface area contributed by atoms with Crippen molar-refractivity contribution in [3.63, 3.8) is 0 Å². The highest BCUT2D eigenvalue weighted by molar-refractivity contribution is 6.69. The first-order chi connectivity index (χ1) is 8.52. The number of alkyl halides is 1. The molecule has 1 aromatic carbocycles. The van der Waals surface area contributed by atoms with Gasteiger partial charge in [-0.15, -0.1) is 11.6 Å². The van der Waals surface area contributed by atoms with Crippen molar-refractivity contribution in [3.8, 4) is 0 Å². The smallest absolute Gasteiger partial charge is 0.252 e. The summed E-state index contributed by atoms with van der Waals surface area (Å²) in [5.41, 5.74) is 0.534. The summed E-state index contributed by atoms with van der Waals surface area (Å²) in [7, 11) is 0. The number of halogens is 3. The molecule has 5 heteroatoms. The molecule has 0 radical (unpaired) electrons. The van der Waals surface area contributed by atoms with Gasteiger partial charge in [-0.25, -0.2) is 0 Å². The lowest BCUT2D eigenvalue weighted by Crippen LogP contribution is -1.93. The molecule has 0 N–H and O–H groups in total. The van der Waals surface area contributed by atoms with Gasteiger partial charge in [0.25, 0.3) is 10.5 Å². The van der Waals surface area contributed by atoms with Gasteiger partial charge in [-0.3, -0.25) is 9.59 Å². The average molecular weight is 310 g/mol. The Hall–Kier alpha value is -0.570. The molecule has 0 aliphatic carbocycles. The minimum Gasteiger partial charge on any atom is -0.276 e. The Morgan fingerprint density at radius 2 is 1.56 bits per heavy atom.